The molecule has 0 radical (unpaired) electrons. The largest absolute Gasteiger partial charge is 0.496 e. The number of rotatable bonds is 9. The van der Waals surface area contributed by atoms with Crippen LogP contribution in [0.25, 0.3) is 0 Å². The number of halogens is 2. The predicted molar refractivity (Wildman–Crippen MR) is 131 cm³/mol. The van der Waals surface area contributed by atoms with Crippen molar-refractivity contribution in [2.45, 2.75) is 32.1 Å². The molecule has 1 saturated heterocycles. The van der Waals surface area contributed by atoms with Crippen molar-refractivity contribution in [3.63, 3.8) is 0 Å². The molecular formula is C25H32ClFN4O2. The number of likely N-dealkylation sites (tertiary alicyclic amines) is 1. The fourth-order valence-electron chi connectivity index (χ4n) is 4.08. The van der Waals surface area contributed by atoms with E-state index >= 15 is 0 Å². The number of ether oxygens (including phenoxy) is 1. The number of benzene rings is 2. The van der Waals surface area contributed by atoms with Crippen LogP contribution in [0.4, 0.5) is 4.39 Å². The highest BCUT2D eigenvalue weighted by molar-refractivity contribution is 6.30. The Morgan fingerprint density at radius 2 is 2.00 bits per heavy atom. The minimum atomic E-state index is -0.487. The molecule has 0 bridgehead atoms. The molecule has 0 atom stereocenters. The maximum atomic E-state index is 14.7. The van der Waals surface area contributed by atoms with Gasteiger partial charge in [-0.2, -0.15) is 4.99 Å². The van der Waals surface area contributed by atoms with E-state index in [9.17, 15) is 9.18 Å². The predicted octanol–water partition coefficient (Wildman–Crippen LogP) is 4.06. The van der Waals surface area contributed by atoms with Crippen molar-refractivity contribution in [3.05, 3.63) is 63.9 Å². The second kappa shape index (κ2) is 12.6. The summed E-state index contributed by atoms with van der Waals surface area (Å²) in [5.74, 6) is 0.144. The molecule has 2 aromatic rings. The molecule has 0 unspecified atom stereocenters. The number of amides is 1. The smallest absolute Gasteiger partial charge is 0.280 e. The van der Waals surface area contributed by atoms with E-state index < -0.39 is 11.7 Å². The molecular weight excluding hydrogens is 443 g/mol. The minimum Gasteiger partial charge on any atom is -0.496 e. The summed E-state index contributed by atoms with van der Waals surface area (Å²) in [5, 5.41) is 6.68. The molecule has 3 rings (SSSR count). The van der Waals surface area contributed by atoms with Gasteiger partial charge in [0.25, 0.3) is 5.91 Å². The summed E-state index contributed by atoms with van der Waals surface area (Å²) in [4.78, 5) is 19.5. The zero-order chi connectivity index (χ0) is 23.6. The highest BCUT2D eigenvalue weighted by Gasteiger charge is 2.17. The van der Waals surface area contributed by atoms with E-state index in [4.69, 9.17) is 16.3 Å². The molecule has 1 heterocycles. The van der Waals surface area contributed by atoms with Gasteiger partial charge in [-0.15, -0.1) is 0 Å². The van der Waals surface area contributed by atoms with Gasteiger partial charge >= 0.3 is 0 Å². The lowest BCUT2D eigenvalue weighted by Crippen LogP contribution is -2.37. The number of methoxy groups -OCH3 is 1. The number of nitrogens with one attached hydrogen (secondary N) is 2. The van der Waals surface area contributed by atoms with Crippen LogP contribution in [0.2, 0.25) is 5.02 Å². The van der Waals surface area contributed by atoms with E-state index in [-0.39, 0.29) is 5.56 Å². The van der Waals surface area contributed by atoms with E-state index in [1.807, 2.05) is 0 Å². The average molecular weight is 475 g/mol. The van der Waals surface area contributed by atoms with Crippen LogP contribution < -0.4 is 15.4 Å². The number of aryl methyl sites for hydroxylation is 1. The van der Waals surface area contributed by atoms with Gasteiger partial charge in [0.1, 0.15) is 11.6 Å². The molecule has 2 N–H and O–H groups in total. The summed E-state index contributed by atoms with van der Waals surface area (Å²) in [7, 11) is 3.29. The Labute approximate surface area is 200 Å². The first-order chi connectivity index (χ1) is 16.0. The third-order valence-corrected chi connectivity index (χ3v) is 6.06. The Morgan fingerprint density at radius 1 is 1.21 bits per heavy atom. The van der Waals surface area contributed by atoms with Crippen molar-refractivity contribution in [1.82, 2.24) is 15.5 Å². The van der Waals surface area contributed by atoms with Crippen LogP contribution in [0.5, 0.6) is 5.75 Å². The Balaban J connectivity index is 1.67. The number of carbonyl (C=O) groups excluding carboxylic acids is 1. The maximum Gasteiger partial charge on any atom is 0.280 e. The van der Waals surface area contributed by atoms with Gasteiger partial charge in [0.15, 0.2) is 5.96 Å². The summed E-state index contributed by atoms with van der Waals surface area (Å²) < 4.78 is 20.1. The van der Waals surface area contributed by atoms with Crippen LogP contribution in [-0.2, 0) is 12.8 Å². The summed E-state index contributed by atoms with van der Waals surface area (Å²) in [6.07, 6.45) is 4.29. The van der Waals surface area contributed by atoms with E-state index in [2.05, 4.69) is 20.5 Å². The van der Waals surface area contributed by atoms with Crippen LogP contribution in [0.1, 0.15) is 40.7 Å². The third kappa shape index (κ3) is 7.17. The zero-order valence-corrected chi connectivity index (χ0v) is 20.1. The van der Waals surface area contributed by atoms with Gasteiger partial charge in [-0.1, -0.05) is 17.7 Å². The van der Waals surface area contributed by atoms with Gasteiger partial charge in [0.05, 0.1) is 7.11 Å². The number of hydrogen-bond donors (Lipinski definition) is 2. The highest BCUT2D eigenvalue weighted by Crippen LogP contribution is 2.25. The Hall–Kier alpha value is -2.64. The number of carbonyl (C=O) groups is 1. The van der Waals surface area contributed by atoms with Crippen molar-refractivity contribution in [1.29, 1.82) is 0 Å². The Bertz CT molecular complexity index is 977. The molecule has 1 aliphatic rings. The van der Waals surface area contributed by atoms with Crippen molar-refractivity contribution < 1.29 is 13.9 Å². The molecule has 0 saturated carbocycles. The van der Waals surface area contributed by atoms with Gasteiger partial charge in [-0.05, 0) is 87.6 Å². The monoisotopic (exact) mass is 474 g/mol. The summed E-state index contributed by atoms with van der Waals surface area (Å²) in [6.45, 7) is 4.05. The van der Waals surface area contributed by atoms with Gasteiger partial charge in [0, 0.05) is 29.7 Å². The van der Waals surface area contributed by atoms with Crippen molar-refractivity contribution in [2.24, 2.45) is 4.99 Å². The molecule has 0 aliphatic carbocycles. The maximum absolute atomic E-state index is 14.7. The Morgan fingerprint density at radius 3 is 2.73 bits per heavy atom. The standard InChI is InChI=1S/C25H32ClFN4O2/c1-28-25(29-13-6-16-31-14-3-4-15-31)30-24(32)21-7-5-8-22(27)20(21)11-9-18-17-19(26)10-12-23(18)33-2/h5,7-8,10,12,17H,3-4,6,9,11,13-16H2,1-2H3,(H2,28,29,30,32). The molecule has 178 valence electrons. The van der Waals surface area contributed by atoms with Crippen molar-refractivity contribution >= 4 is 23.5 Å². The number of hydrogen-bond acceptors (Lipinski definition) is 3. The lowest BCUT2D eigenvalue weighted by Gasteiger charge is -2.15. The lowest BCUT2D eigenvalue weighted by molar-refractivity contribution is 0.100. The SMILES string of the molecule is CN/C(=N\C(=O)c1cccc(F)c1CCc1cc(Cl)ccc1OC)NCCCN1CCCC1. The average Bonchev–Trinajstić information content (AvgIpc) is 3.33. The molecule has 1 aliphatic heterocycles. The van der Waals surface area contributed by atoms with E-state index in [1.165, 1.54) is 25.0 Å². The molecule has 0 aromatic heterocycles. The second-order valence-electron chi connectivity index (χ2n) is 8.07. The van der Waals surface area contributed by atoms with Gasteiger partial charge in [0.2, 0.25) is 0 Å². The first-order valence-electron chi connectivity index (χ1n) is 11.4. The molecule has 2 aromatic carbocycles. The van der Waals surface area contributed by atoms with Crippen molar-refractivity contribution in [2.75, 3.05) is 40.3 Å². The van der Waals surface area contributed by atoms with Crippen LogP contribution >= 0.6 is 11.6 Å². The first kappa shape index (κ1) is 25.0. The zero-order valence-electron chi connectivity index (χ0n) is 19.3. The molecule has 6 nitrogen and oxygen atoms in total. The molecule has 0 spiro atoms. The van der Waals surface area contributed by atoms with E-state index in [0.717, 1.165) is 31.6 Å². The van der Waals surface area contributed by atoms with Crippen molar-refractivity contribution in [3.8, 4) is 5.75 Å². The molecule has 1 fully saturated rings. The quantitative estimate of drug-likeness (QED) is 0.326. The van der Waals surface area contributed by atoms with Gasteiger partial charge in [-0.25, -0.2) is 4.39 Å². The van der Waals surface area contributed by atoms with E-state index in [0.29, 0.717) is 41.7 Å². The van der Waals surface area contributed by atoms with Crippen LogP contribution in [0.15, 0.2) is 41.4 Å². The molecule has 1 amide bonds. The Kier molecular flexibility index (Phi) is 9.51. The van der Waals surface area contributed by atoms with Crippen LogP contribution in [0, 0.1) is 5.82 Å². The fraction of sp³-hybridized carbons (Fsp3) is 0.440. The summed E-state index contributed by atoms with van der Waals surface area (Å²) in [5.41, 5.74) is 1.44. The highest BCUT2D eigenvalue weighted by atomic mass is 35.5. The van der Waals surface area contributed by atoms with Crippen LogP contribution in [-0.4, -0.2) is 57.1 Å². The number of guanidine groups is 1. The molecule has 33 heavy (non-hydrogen) atoms. The minimum absolute atomic E-state index is 0.252. The third-order valence-electron chi connectivity index (χ3n) is 5.83. The number of aliphatic imine (C=N–C) groups is 1. The normalized spacial score (nSPS) is 14.4. The number of nitrogens with zero attached hydrogens (tertiary/aromatic N) is 2. The second-order valence-corrected chi connectivity index (χ2v) is 8.50. The topological polar surface area (TPSA) is 66.0 Å². The summed E-state index contributed by atoms with van der Waals surface area (Å²) in [6, 6.07) is 9.83. The fourth-order valence-corrected chi connectivity index (χ4v) is 4.27. The van der Waals surface area contributed by atoms with Gasteiger partial charge < -0.3 is 20.3 Å². The first-order valence-corrected chi connectivity index (χ1v) is 11.8. The van der Waals surface area contributed by atoms with Gasteiger partial charge in [-0.3, -0.25) is 4.79 Å². The molecule has 8 heteroatoms. The van der Waals surface area contributed by atoms with E-state index in [1.54, 1.807) is 38.4 Å². The lowest BCUT2D eigenvalue weighted by atomic mass is 9.98. The summed E-state index contributed by atoms with van der Waals surface area (Å²) >= 11 is 6.11. The van der Waals surface area contributed by atoms with Crippen LogP contribution in [0.3, 0.4) is 0 Å².